The van der Waals surface area contributed by atoms with Crippen molar-refractivity contribution in [2.24, 2.45) is 11.1 Å². The number of aryl methyl sites for hydroxylation is 1. The lowest BCUT2D eigenvalue weighted by Crippen LogP contribution is -2.38. The minimum absolute atomic E-state index is 0.0105. The van der Waals surface area contributed by atoms with Gasteiger partial charge in [0.05, 0.1) is 0 Å². The van der Waals surface area contributed by atoms with Crippen molar-refractivity contribution in [2.75, 3.05) is 5.73 Å². The lowest BCUT2D eigenvalue weighted by molar-refractivity contribution is 0.381. The lowest BCUT2D eigenvalue weighted by Gasteiger charge is -2.34. The van der Waals surface area contributed by atoms with Crippen molar-refractivity contribution in [1.29, 1.82) is 0 Å². The Bertz CT molecular complexity index is 741. The summed E-state index contributed by atoms with van der Waals surface area (Å²) in [4.78, 5) is 0. The molecule has 0 amide bonds. The highest BCUT2D eigenvalue weighted by atomic mass is 32.3. The molecule has 1 atom stereocenters. The van der Waals surface area contributed by atoms with Gasteiger partial charge in [-0.15, -0.1) is 0 Å². The van der Waals surface area contributed by atoms with Gasteiger partial charge >= 0.3 is 10.4 Å². The smallest absolute Gasteiger partial charge is 0.394 e. The van der Waals surface area contributed by atoms with Crippen LogP contribution in [0, 0.1) is 12.3 Å². The zero-order chi connectivity index (χ0) is 18.0. The number of allylic oxidation sites excluding steroid dienone is 2. The fourth-order valence-electron chi connectivity index (χ4n) is 2.48. The van der Waals surface area contributed by atoms with Gasteiger partial charge in [-0.1, -0.05) is 37.6 Å². The van der Waals surface area contributed by atoms with Gasteiger partial charge in [-0.2, -0.15) is 8.42 Å². The third-order valence-electron chi connectivity index (χ3n) is 3.81. The molecular weight excluding hydrogens is 316 g/mol. The van der Waals surface area contributed by atoms with E-state index in [1.165, 1.54) is 16.7 Å². The molecule has 0 fully saturated rings. The average Bonchev–Trinajstić information content (AvgIpc) is 2.36. The molecule has 0 bridgehead atoms. The van der Waals surface area contributed by atoms with Crippen molar-refractivity contribution < 1.29 is 17.5 Å². The van der Waals surface area contributed by atoms with Crippen molar-refractivity contribution >= 4 is 21.7 Å². The Labute approximate surface area is 137 Å². The summed E-state index contributed by atoms with van der Waals surface area (Å²) < 4.78 is 31.6. The Balaban J connectivity index is 0.000000463. The van der Waals surface area contributed by atoms with E-state index in [0.29, 0.717) is 0 Å². The van der Waals surface area contributed by atoms with Crippen LogP contribution in [-0.4, -0.2) is 23.6 Å². The number of nitrogens with two attached hydrogens (primary N) is 2. The quantitative estimate of drug-likeness (QED) is 0.460. The van der Waals surface area contributed by atoms with Gasteiger partial charge in [0.15, 0.2) is 0 Å². The van der Waals surface area contributed by atoms with Gasteiger partial charge in [-0.3, -0.25) is 9.11 Å². The van der Waals surface area contributed by atoms with Crippen molar-refractivity contribution in [3.05, 3.63) is 47.1 Å². The number of hydrogen-bond donors (Lipinski definition) is 4. The summed E-state index contributed by atoms with van der Waals surface area (Å²) in [5.41, 5.74) is 17.7. The minimum Gasteiger partial charge on any atom is -0.399 e. The monoisotopic (exact) mass is 340 g/mol. The number of hydrogen-bond acceptors (Lipinski definition) is 4. The molecule has 23 heavy (non-hydrogen) atoms. The molecule has 0 saturated heterocycles. The van der Waals surface area contributed by atoms with Crippen LogP contribution in [0.3, 0.4) is 0 Å². The summed E-state index contributed by atoms with van der Waals surface area (Å²) in [5.74, 6) is 0. The summed E-state index contributed by atoms with van der Waals surface area (Å²) >= 11 is 0. The number of benzene rings is 1. The first-order chi connectivity index (χ1) is 10.3. The Morgan fingerprint density at radius 1 is 1.17 bits per heavy atom. The Morgan fingerprint density at radius 2 is 1.70 bits per heavy atom. The summed E-state index contributed by atoms with van der Waals surface area (Å²) in [5, 5.41) is 0. The predicted octanol–water partition coefficient (Wildman–Crippen LogP) is 2.62. The van der Waals surface area contributed by atoms with E-state index in [1.807, 2.05) is 13.0 Å². The first-order valence-electron chi connectivity index (χ1n) is 7.04. The van der Waals surface area contributed by atoms with E-state index in [2.05, 4.69) is 45.1 Å². The largest absolute Gasteiger partial charge is 0.399 e. The molecule has 0 saturated carbocycles. The standard InChI is InChI=1S/C16H22N2.H2O4S/c1-10-7-12(5-6-14(10)17)13-8-11(2)15(18)16(3,4)9-13;1-5(2,3)4/h5-9,15H,17-18H2,1-4H3;(H2,1,2,3,4). The van der Waals surface area contributed by atoms with Gasteiger partial charge in [-0.25, -0.2) is 0 Å². The maximum Gasteiger partial charge on any atom is 0.394 e. The molecule has 6 N–H and O–H groups in total. The van der Waals surface area contributed by atoms with Crippen LogP contribution in [0.4, 0.5) is 5.69 Å². The van der Waals surface area contributed by atoms with E-state index in [1.54, 1.807) is 0 Å². The molecule has 1 unspecified atom stereocenters. The van der Waals surface area contributed by atoms with E-state index < -0.39 is 10.4 Å². The number of anilines is 1. The van der Waals surface area contributed by atoms with E-state index >= 15 is 0 Å². The first kappa shape index (κ1) is 19.4. The SMILES string of the molecule is CC1=CC(c2ccc(N)c(C)c2)=CC(C)(C)C1N.O=S(=O)(O)O. The molecule has 2 rings (SSSR count). The number of nitrogen functional groups attached to an aromatic ring is 1. The highest BCUT2D eigenvalue weighted by Crippen LogP contribution is 2.36. The van der Waals surface area contributed by atoms with Crippen molar-refractivity contribution in [3.8, 4) is 0 Å². The second kappa shape index (κ2) is 6.84. The Morgan fingerprint density at radius 3 is 2.13 bits per heavy atom. The number of rotatable bonds is 1. The molecule has 0 spiro atoms. The zero-order valence-electron chi connectivity index (χ0n) is 13.7. The van der Waals surface area contributed by atoms with Gasteiger partial charge in [-0.05, 0) is 42.7 Å². The molecule has 0 heterocycles. The third-order valence-corrected chi connectivity index (χ3v) is 3.81. The topological polar surface area (TPSA) is 127 Å². The molecule has 0 aromatic heterocycles. The van der Waals surface area contributed by atoms with E-state index in [9.17, 15) is 0 Å². The first-order valence-corrected chi connectivity index (χ1v) is 8.44. The Hall–Kier alpha value is -1.67. The molecule has 128 valence electrons. The summed E-state index contributed by atoms with van der Waals surface area (Å²) in [6.45, 7) is 8.50. The van der Waals surface area contributed by atoms with E-state index in [4.69, 9.17) is 29.0 Å². The summed E-state index contributed by atoms with van der Waals surface area (Å²) in [6.07, 6.45) is 4.44. The summed E-state index contributed by atoms with van der Waals surface area (Å²) in [7, 11) is -4.67. The van der Waals surface area contributed by atoms with E-state index in [-0.39, 0.29) is 11.5 Å². The fourth-order valence-corrected chi connectivity index (χ4v) is 2.48. The molecule has 7 heteroatoms. The maximum absolute atomic E-state index is 8.74. The second-order valence-electron chi connectivity index (χ2n) is 6.31. The van der Waals surface area contributed by atoms with Crippen LogP contribution in [0.2, 0.25) is 0 Å². The average molecular weight is 340 g/mol. The van der Waals surface area contributed by atoms with Gasteiger partial charge in [0.1, 0.15) is 0 Å². The maximum atomic E-state index is 8.74. The van der Waals surface area contributed by atoms with Gasteiger partial charge in [0.25, 0.3) is 0 Å². The van der Waals surface area contributed by atoms with Gasteiger partial charge < -0.3 is 11.5 Å². The van der Waals surface area contributed by atoms with E-state index in [0.717, 1.165) is 11.3 Å². The van der Waals surface area contributed by atoms with Crippen molar-refractivity contribution in [2.45, 2.75) is 33.7 Å². The molecular formula is C16H24N2O4S. The fraction of sp³-hybridized carbons (Fsp3) is 0.375. The van der Waals surface area contributed by atoms with Crippen LogP contribution in [0.1, 0.15) is 31.9 Å². The lowest BCUT2D eigenvalue weighted by atomic mass is 9.75. The Kier molecular flexibility index (Phi) is 5.76. The molecule has 0 aliphatic heterocycles. The zero-order valence-corrected chi connectivity index (χ0v) is 14.6. The van der Waals surface area contributed by atoms with Crippen LogP contribution < -0.4 is 11.5 Å². The molecule has 1 aliphatic carbocycles. The molecule has 1 aliphatic rings. The van der Waals surface area contributed by atoms with Gasteiger partial charge in [0, 0.05) is 17.1 Å². The molecule has 6 nitrogen and oxygen atoms in total. The second-order valence-corrected chi connectivity index (χ2v) is 7.20. The normalized spacial score (nSPS) is 20.0. The molecule has 1 aromatic rings. The molecule has 0 radical (unpaired) electrons. The van der Waals surface area contributed by atoms with Crippen LogP contribution in [0.25, 0.3) is 5.57 Å². The highest BCUT2D eigenvalue weighted by Gasteiger charge is 2.29. The van der Waals surface area contributed by atoms with Crippen LogP contribution in [0.5, 0.6) is 0 Å². The van der Waals surface area contributed by atoms with Crippen LogP contribution in [-0.2, 0) is 10.4 Å². The van der Waals surface area contributed by atoms with Gasteiger partial charge in [0.2, 0.25) is 0 Å². The van der Waals surface area contributed by atoms with Crippen molar-refractivity contribution in [3.63, 3.8) is 0 Å². The van der Waals surface area contributed by atoms with Crippen LogP contribution in [0.15, 0.2) is 35.9 Å². The highest BCUT2D eigenvalue weighted by molar-refractivity contribution is 7.79. The minimum atomic E-state index is -4.67. The summed E-state index contributed by atoms with van der Waals surface area (Å²) in [6, 6.07) is 6.27. The third kappa shape index (κ3) is 5.80. The van der Waals surface area contributed by atoms with Crippen LogP contribution >= 0.6 is 0 Å². The predicted molar refractivity (Wildman–Crippen MR) is 93.3 cm³/mol. The molecule has 1 aromatic carbocycles. The van der Waals surface area contributed by atoms with Crippen molar-refractivity contribution in [1.82, 2.24) is 0 Å².